The molecule has 2 aromatic rings. The van der Waals surface area contributed by atoms with Gasteiger partial charge in [-0.2, -0.15) is 0 Å². The summed E-state index contributed by atoms with van der Waals surface area (Å²) >= 11 is 0. The van der Waals surface area contributed by atoms with Gasteiger partial charge in [0.25, 0.3) is 0 Å². The molecular weight excluding hydrogens is 358 g/mol. The third kappa shape index (κ3) is 7.26. The standard InChI is InChI=1S/C26H33NO2/c1-20(28)29-19-25(2,3)17-18-26(4,5)23-13-9-21(10-14-23)7-8-22-11-15-24(27-6)16-12-22/h7-18,27H,19H2,1-6H3/b8-7+,18-17+. The fourth-order valence-corrected chi connectivity index (χ4v) is 2.84. The average Bonchev–Trinajstić information content (AvgIpc) is 2.70. The third-order valence-corrected chi connectivity index (χ3v) is 4.92. The van der Waals surface area contributed by atoms with Crippen LogP contribution in [0.3, 0.4) is 0 Å². The van der Waals surface area contributed by atoms with Gasteiger partial charge in [0.1, 0.15) is 0 Å². The summed E-state index contributed by atoms with van der Waals surface area (Å²) in [5.74, 6) is -0.243. The maximum absolute atomic E-state index is 11.1. The van der Waals surface area contributed by atoms with Gasteiger partial charge < -0.3 is 10.1 Å². The molecule has 0 amide bonds. The molecule has 154 valence electrons. The summed E-state index contributed by atoms with van der Waals surface area (Å²) in [4.78, 5) is 11.1. The molecule has 0 aliphatic rings. The molecule has 0 aromatic heterocycles. The third-order valence-electron chi connectivity index (χ3n) is 4.92. The SMILES string of the molecule is CNc1ccc(/C=C/c2ccc(C(C)(C)/C=C/C(C)(C)COC(C)=O)cc2)cc1. The van der Waals surface area contributed by atoms with Gasteiger partial charge in [0, 0.05) is 30.5 Å². The van der Waals surface area contributed by atoms with Gasteiger partial charge in [-0.05, 0) is 28.8 Å². The van der Waals surface area contributed by atoms with Crippen LogP contribution >= 0.6 is 0 Å². The van der Waals surface area contributed by atoms with E-state index in [1.807, 2.05) is 7.05 Å². The Morgan fingerprint density at radius 2 is 1.41 bits per heavy atom. The van der Waals surface area contributed by atoms with Crippen molar-refractivity contribution >= 4 is 23.8 Å². The first-order valence-corrected chi connectivity index (χ1v) is 10.0. The molecule has 0 saturated carbocycles. The number of hydrogen-bond donors (Lipinski definition) is 1. The molecule has 0 fully saturated rings. The number of allylic oxidation sites excluding steroid dienone is 1. The average molecular weight is 392 g/mol. The molecule has 2 aromatic carbocycles. The molecule has 3 heteroatoms. The van der Waals surface area contributed by atoms with E-state index in [9.17, 15) is 4.79 Å². The molecule has 1 N–H and O–H groups in total. The Kier molecular flexibility index (Phi) is 7.44. The minimum absolute atomic E-state index is 0.112. The second kappa shape index (κ2) is 9.60. The van der Waals surface area contributed by atoms with Gasteiger partial charge in [-0.25, -0.2) is 0 Å². The molecule has 0 radical (unpaired) electrons. The number of rotatable bonds is 8. The Hall–Kier alpha value is -2.81. The lowest BCUT2D eigenvalue weighted by Gasteiger charge is -2.25. The second-order valence-corrected chi connectivity index (χ2v) is 8.65. The van der Waals surface area contributed by atoms with Crippen molar-refractivity contribution < 1.29 is 9.53 Å². The summed E-state index contributed by atoms with van der Waals surface area (Å²) in [5.41, 5.74) is 4.38. The summed E-state index contributed by atoms with van der Waals surface area (Å²) in [6.45, 7) is 10.4. The fourth-order valence-electron chi connectivity index (χ4n) is 2.84. The molecule has 0 saturated heterocycles. The van der Waals surface area contributed by atoms with Gasteiger partial charge in [0.2, 0.25) is 0 Å². The van der Waals surface area contributed by atoms with Crippen LogP contribution in [0.15, 0.2) is 60.7 Å². The number of carbonyl (C=O) groups excluding carboxylic acids is 1. The zero-order valence-corrected chi connectivity index (χ0v) is 18.5. The van der Waals surface area contributed by atoms with E-state index in [1.165, 1.54) is 23.6 Å². The van der Waals surface area contributed by atoms with Gasteiger partial charge in [-0.1, -0.05) is 88.4 Å². The van der Waals surface area contributed by atoms with Crippen LogP contribution in [0.1, 0.15) is 51.3 Å². The Balaban J connectivity index is 2.06. The molecule has 0 atom stereocenters. The van der Waals surface area contributed by atoms with Gasteiger partial charge in [-0.3, -0.25) is 4.79 Å². The summed E-state index contributed by atoms with van der Waals surface area (Å²) in [7, 11) is 1.92. The minimum Gasteiger partial charge on any atom is -0.465 e. The number of carbonyl (C=O) groups is 1. The summed E-state index contributed by atoms with van der Waals surface area (Å²) in [6, 6.07) is 17.0. The van der Waals surface area contributed by atoms with Crippen molar-refractivity contribution in [1.82, 2.24) is 0 Å². The van der Waals surface area contributed by atoms with Crippen LogP contribution in [0.5, 0.6) is 0 Å². The summed E-state index contributed by atoms with van der Waals surface area (Å²) in [5, 5.41) is 3.13. The van der Waals surface area contributed by atoms with E-state index >= 15 is 0 Å². The molecule has 0 unspecified atom stereocenters. The Morgan fingerprint density at radius 1 is 0.897 bits per heavy atom. The Labute approximate surface area is 175 Å². The van der Waals surface area contributed by atoms with E-state index in [4.69, 9.17) is 4.74 Å². The van der Waals surface area contributed by atoms with E-state index in [2.05, 4.69) is 106 Å². The van der Waals surface area contributed by atoms with Crippen molar-refractivity contribution in [3.63, 3.8) is 0 Å². The lowest BCUT2D eigenvalue weighted by molar-refractivity contribution is -0.143. The quantitative estimate of drug-likeness (QED) is 0.325. The largest absolute Gasteiger partial charge is 0.465 e. The lowest BCUT2D eigenvalue weighted by atomic mass is 9.81. The number of benzene rings is 2. The van der Waals surface area contributed by atoms with Gasteiger partial charge in [-0.15, -0.1) is 0 Å². The van der Waals surface area contributed by atoms with Gasteiger partial charge in [0.15, 0.2) is 0 Å². The highest BCUT2D eigenvalue weighted by Crippen LogP contribution is 2.28. The Morgan fingerprint density at radius 3 is 1.90 bits per heavy atom. The van der Waals surface area contributed by atoms with Gasteiger partial charge in [0.05, 0.1) is 6.61 Å². The van der Waals surface area contributed by atoms with E-state index in [-0.39, 0.29) is 16.8 Å². The lowest BCUT2D eigenvalue weighted by Crippen LogP contribution is -2.21. The van der Waals surface area contributed by atoms with Crippen LogP contribution in [0.2, 0.25) is 0 Å². The van der Waals surface area contributed by atoms with Crippen LogP contribution in [-0.4, -0.2) is 19.6 Å². The molecular formula is C26H33NO2. The molecule has 3 nitrogen and oxygen atoms in total. The van der Waals surface area contributed by atoms with E-state index < -0.39 is 0 Å². The van der Waals surface area contributed by atoms with Crippen molar-refractivity contribution in [2.45, 2.75) is 40.0 Å². The highest BCUT2D eigenvalue weighted by atomic mass is 16.5. The van der Waals surface area contributed by atoms with Crippen LogP contribution in [-0.2, 0) is 14.9 Å². The summed E-state index contributed by atoms with van der Waals surface area (Å²) in [6.07, 6.45) is 8.59. The zero-order valence-electron chi connectivity index (χ0n) is 18.5. The number of esters is 1. The van der Waals surface area contributed by atoms with Crippen LogP contribution < -0.4 is 5.32 Å². The number of hydrogen-bond acceptors (Lipinski definition) is 3. The van der Waals surface area contributed by atoms with Crippen molar-refractivity contribution in [1.29, 1.82) is 0 Å². The van der Waals surface area contributed by atoms with E-state index in [0.29, 0.717) is 6.61 Å². The molecule has 0 spiro atoms. The molecule has 0 heterocycles. The summed E-state index contributed by atoms with van der Waals surface area (Å²) < 4.78 is 5.17. The maximum atomic E-state index is 11.1. The molecule has 0 bridgehead atoms. The fraction of sp³-hybridized carbons (Fsp3) is 0.346. The predicted molar refractivity (Wildman–Crippen MR) is 124 cm³/mol. The normalized spacial score (nSPS) is 12.5. The molecule has 2 rings (SSSR count). The van der Waals surface area contributed by atoms with Gasteiger partial charge >= 0.3 is 5.97 Å². The van der Waals surface area contributed by atoms with E-state index in [1.54, 1.807) is 0 Å². The smallest absolute Gasteiger partial charge is 0.302 e. The first-order chi connectivity index (χ1) is 13.6. The second-order valence-electron chi connectivity index (χ2n) is 8.65. The van der Waals surface area contributed by atoms with Crippen molar-refractivity contribution in [2.75, 3.05) is 19.0 Å². The molecule has 0 aliphatic heterocycles. The zero-order chi connectivity index (χ0) is 21.5. The van der Waals surface area contributed by atoms with Crippen LogP contribution in [0, 0.1) is 5.41 Å². The monoisotopic (exact) mass is 391 g/mol. The van der Waals surface area contributed by atoms with Crippen molar-refractivity contribution in [2.24, 2.45) is 5.41 Å². The Bertz CT molecular complexity index is 857. The number of ether oxygens (including phenoxy) is 1. The first-order valence-electron chi connectivity index (χ1n) is 10.0. The number of anilines is 1. The van der Waals surface area contributed by atoms with Crippen molar-refractivity contribution in [3.8, 4) is 0 Å². The predicted octanol–water partition coefficient (Wildman–Crippen LogP) is 6.32. The van der Waals surface area contributed by atoms with E-state index in [0.717, 1.165) is 5.69 Å². The minimum atomic E-state index is -0.243. The maximum Gasteiger partial charge on any atom is 0.302 e. The highest BCUT2D eigenvalue weighted by molar-refractivity contribution is 5.70. The van der Waals surface area contributed by atoms with Crippen molar-refractivity contribution in [3.05, 3.63) is 77.4 Å². The topological polar surface area (TPSA) is 38.3 Å². The molecule has 0 aliphatic carbocycles. The first kappa shape index (κ1) is 22.5. The number of nitrogens with one attached hydrogen (secondary N) is 1. The molecule has 29 heavy (non-hydrogen) atoms. The highest BCUT2D eigenvalue weighted by Gasteiger charge is 2.21. The van der Waals surface area contributed by atoms with Crippen LogP contribution in [0.25, 0.3) is 12.2 Å². The van der Waals surface area contributed by atoms with Crippen LogP contribution in [0.4, 0.5) is 5.69 Å².